The molecule has 17 heavy (non-hydrogen) atoms. The molecule has 0 N–H and O–H groups in total. The van der Waals surface area contributed by atoms with Gasteiger partial charge in [-0.2, -0.15) is 0 Å². The number of rotatable bonds is 12. The maximum absolute atomic E-state index is 2.38. The average molecular weight is 236 g/mol. The third-order valence-corrected chi connectivity index (χ3v) is 3.12. The first-order chi connectivity index (χ1) is 8.41. The van der Waals surface area contributed by atoms with E-state index in [2.05, 4.69) is 38.2 Å². The quantitative estimate of drug-likeness (QED) is 0.270. The highest BCUT2D eigenvalue weighted by Gasteiger charge is 1.88. The Balaban J connectivity index is 3.04. The Kier molecular flexibility index (Phi) is 15.0. The Hall–Kier alpha value is -0.520. The molecule has 0 heteroatoms. The van der Waals surface area contributed by atoms with Crippen molar-refractivity contribution in [1.82, 2.24) is 0 Å². The van der Waals surface area contributed by atoms with E-state index in [1.165, 1.54) is 70.6 Å². The van der Waals surface area contributed by atoms with Gasteiger partial charge in [-0.1, -0.05) is 63.3 Å². The average Bonchev–Trinajstić information content (AvgIpc) is 2.35. The van der Waals surface area contributed by atoms with Crippen LogP contribution in [0.2, 0.25) is 0 Å². The lowest BCUT2D eigenvalue weighted by Crippen LogP contribution is -1.78. The number of unbranched alkanes of at least 4 members (excludes halogenated alkanes) is 9. The van der Waals surface area contributed by atoms with E-state index in [0.717, 1.165) is 0 Å². The van der Waals surface area contributed by atoms with E-state index < -0.39 is 0 Å². The summed E-state index contributed by atoms with van der Waals surface area (Å²) in [6.07, 6.45) is 24.1. The minimum atomic E-state index is 1.25. The molecule has 0 aromatic rings. The van der Waals surface area contributed by atoms with Crippen LogP contribution >= 0.6 is 0 Å². The van der Waals surface area contributed by atoms with E-state index in [1.54, 1.807) is 0 Å². The van der Waals surface area contributed by atoms with Crippen molar-refractivity contribution in [2.75, 3.05) is 0 Å². The lowest BCUT2D eigenvalue weighted by molar-refractivity contribution is 0.611. The van der Waals surface area contributed by atoms with Crippen LogP contribution in [0.15, 0.2) is 24.3 Å². The molecule has 0 aliphatic heterocycles. The topological polar surface area (TPSA) is 0 Å². The van der Waals surface area contributed by atoms with Gasteiger partial charge in [0.2, 0.25) is 0 Å². The molecule has 0 aromatic heterocycles. The third-order valence-electron chi connectivity index (χ3n) is 3.12. The van der Waals surface area contributed by atoms with Crippen molar-refractivity contribution in [1.29, 1.82) is 0 Å². The maximum Gasteiger partial charge on any atom is -0.0351 e. The second-order valence-electron chi connectivity index (χ2n) is 4.88. The monoisotopic (exact) mass is 236 g/mol. The molecule has 0 radical (unpaired) electrons. The van der Waals surface area contributed by atoms with Gasteiger partial charge in [0.1, 0.15) is 0 Å². The Morgan fingerprint density at radius 2 is 1.06 bits per heavy atom. The van der Waals surface area contributed by atoms with Gasteiger partial charge in [0.05, 0.1) is 0 Å². The standard InChI is InChI=1S/C17H32/c1-3-5-7-9-11-13-15-17-16-14-12-10-8-6-4-2/h3,5,15,17H,4,6-14,16H2,1-2H3/b5-3-,17-15-. The molecule has 0 atom stereocenters. The Labute approximate surface area is 109 Å². The summed E-state index contributed by atoms with van der Waals surface area (Å²) in [5.74, 6) is 0. The molecular formula is C17H32. The van der Waals surface area contributed by atoms with E-state index in [-0.39, 0.29) is 0 Å². The van der Waals surface area contributed by atoms with Crippen LogP contribution in [0.3, 0.4) is 0 Å². The van der Waals surface area contributed by atoms with Crippen LogP contribution < -0.4 is 0 Å². The summed E-state index contributed by atoms with van der Waals surface area (Å²) in [6, 6.07) is 0. The predicted molar refractivity (Wildman–Crippen MR) is 80.4 cm³/mol. The number of allylic oxidation sites excluding steroid dienone is 4. The van der Waals surface area contributed by atoms with E-state index in [9.17, 15) is 0 Å². The van der Waals surface area contributed by atoms with Gasteiger partial charge in [-0.3, -0.25) is 0 Å². The smallest absolute Gasteiger partial charge is 0.0351 e. The molecule has 0 rings (SSSR count). The van der Waals surface area contributed by atoms with E-state index in [4.69, 9.17) is 0 Å². The second kappa shape index (κ2) is 15.5. The first-order valence-electron chi connectivity index (χ1n) is 7.68. The zero-order chi connectivity index (χ0) is 12.6. The van der Waals surface area contributed by atoms with Gasteiger partial charge in [-0.15, -0.1) is 0 Å². The van der Waals surface area contributed by atoms with Crippen LogP contribution in [0.5, 0.6) is 0 Å². The fourth-order valence-corrected chi connectivity index (χ4v) is 1.97. The highest BCUT2D eigenvalue weighted by atomic mass is 13.9. The zero-order valence-corrected chi connectivity index (χ0v) is 12.1. The van der Waals surface area contributed by atoms with Crippen LogP contribution in [0.25, 0.3) is 0 Å². The number of hydrogen-bond acceptors (Lipinski definition) is 0. The fraction of sp³-hybridized carbons (Fsp3) is 0.765. The summed E-state index contributed by atoms with van der Waals surface area (Å²) >= 11 is 0. The lowest BCUT2D eigenvalue weighted by Gasteiger charge is -1.97. The normalized spacial score (nSPS) is 11.9. The van der Waals surface area contributed by atoms with Crippen molar-refractivity contribution in [2.24, 2.45) is 0 Å². The molecular weight excluding hydrogens is 204 g/mol. The summed E-state index contributed by atoms with van der Waals surface area (Å²) in [5, 5.41) is 0. The van der Waals surface area contributed by atoms with Gasteiger partial charge >= 0.3 is 0 Å². The predicted octanol–water partition coefficient (Wildman–Crippen LogP) is 6.43. The van der Waals surface area contributed by atoms with Gasteiger partial charge in [0.25, 0.3) is 0 Å². The molecule has 0 aromatic carbocycles. The van der Waals surface area contributed by atoms with E-state index >= 15 is 0 Å². The van der Waals surface area contributed by atoms with Crippen LogP contribution in [0.1, 0.15) is 84.5 Å². The van der Waals surface area contributed by atoms with Gasteiger partial charge in [-0.05, 0) is 45.4 Å². The molecule has 0 aliphatic carbocycles. The Morgan fingerprint density at radius 1 is 0.588 bits per heavy atom. The molecule has 100 valence electrons. The molecule has 0 amide bonds. The summed E-state index contributed by atoms with van der Waals surface area (Å²) in [4.78, 5) is 0. The van der Waals surface area contributed by atoms with Gasteiger partial charge in [0.15, 0.2) is 0 Å². The third kappa shape index (κ3) is 15.5. The first-order valence-corrected chi connectivity index (χ1v) is 7.68. The SMILES string of the molecule is C/C=C\CCCC/C=C\CCCCCCCC. The van der Waals surface area contributed by atoms with E-state index in [1.807, 2.05) is 0 Å². The Bertz CT molecular complexity index is 176. The molecule has 0 saturated heterocycles. The highest BCUT2D eigenvalue weighted by molar-refractivity contribution is 4.82. The minimum Gasteiger partial charge on any atom is -0.0917 e. The fourth-order valence-electron chi connectivity index (χ4n) is 1.97. The minimum absolute atomic E-state index is 1.25. The molecule has 0 saturated carbocycles. The lowest BCUT2D eigenvalue weighted by atomic mass is 10.1. The molecule has 0 nitrogen and oxygen atoms in total. The van der Waals surface area contributed by atoms with Gasteiger partial charge in [0, 0.05) is 0 Å². The maximum atomic E-state index is 2.38. The molecule has 0 unspecified atom stereocenters. The zero-order valence-electron chi connectivity index (χ0n) is 12.1. The van der Waals surface area contributed by atoms with Crippen LogP contribution in [-0.4, -0.2) is 0 Å². The van der Waals surface area contributed by atoms with Crippen molar-refractivity contribution in [3.63, 3.8) is 0 Å². The molecule has 0 heterocycles. The summed E-state index contributed by atoms with van der Waals surface area (Å²) in [5.41, 5.74) is 0. The van der Waals surface area contributed by atoms with Crippen molar-refractivity contribution in [2.45, 2.75) is 84.5 Å². The van der Waals surface area contributed by atoms with Crippen molar-refractivity contribution < 1.29 is 0 Å². The summed E-state index contributed by atoms with van der Waals surface area (Å²) < 4.78 is 0. The van der Waals surface area contributed by atoms with Crippen LogP contribution in [0, 0.1) is 0 Å². The molecule has 0 bridgehead atoms. The molecule has 0 fully saturated rings. The Morgan fingerprint density at radius 3 is 1.65 bits per heavy atom. The summed E-state index contributed by atoms with van der Waals surface area (Å²) in [7, 11) is 0. The van der Waals surface area contributed by atoms with Crippen LogP contribution in [0.4, 0.5) is 0 Å². The highest BCUT2D eigenvalue weighted by Crippen LogP contribution is 2.08. The van der Waals surface area contributed by atoms with E-state index in [0.29, 0.717) is 0 Å². The van der Waals surface area contributed by atoms with Crippen molar-refractivity contribution in [3.8, 4) is 0 Å². The number of hydrogen-bond donors (Lipinski definition) is 0. The van der Waals surface area contributed by atoms with Crippen molar-refractivity contribution in [3.05, 3.63) is 24.3 Å². The van der Waals surface area contributed by atoms with Crippen molar-refractivity contribution >= 4 is 0 Å². The van der Waals surface area contributed by atoms with Crippen LogP contribution in [-0.2, 0) is 0 Å². The van der Waals surface area contributed by atoms with Gasteiger partial charge < -0.3 is 0 Å². The second-order valence-corrected chi connectivity index (χ2v) is 4.88. The molecule has 0 aliphatic rings. The first kappa shape index (κ1) is 16.5. The van der Waals surface area contributed by atoms with Gasteiger partial charge in [-0.25, -0.2) is 0 Å². The summed E-state index contributed by atoms with van der Waals surface area (Å²) in [6.45, 7) is 4.37. The molecule has 0 spiro atoms. The largest absolute Gasteiger partial charge is 0.0917 e.